The molecule has 8 aliphatic rings. The summed E-state index contributed by atoms with van der Waals surface area (Å²) in [5, 5.41) is 25.0. The van der Waals surface area contributed by atoms with E-state index in [9.17, 15) is 10.5 Å². The molecule has 0 aliphatic carbocycles. The minimum absolute atomic E-state index is 0.174. The summed E-state index contributed by atoms with van der Waals surface area (Å²) in [6, 6.07) is 76.0. The molecule has 8 aliphatic heterocycles. The first-order valence-electron chi connectivity index (χ1n) is 27.5. The molecule has 0 spiro atoms. The van der Waals surface area contributed by atoms with Crippen molar-refractivity contribution in [2.24, 2.45) is 0 Å². The van der Waals surface area contributed by atoms with Gasteiger partial charge in [0.1, 0.15) is 69.3 Å². The summed E-state index contributed by atoms with van der Waals surface area (Å²) in [5.74, 6) is 4.94. The van der Waals surface area contributed by atoms with Gasteiger partial charge in [-0.15, -0.1) is 0 Å². The lowest BCUT2D eigenvalue weighted by molar-refractivity contribution is 0.463. The van der Waals surface area contributed by atoms with Crippen molar-refractivity contribution in [2.75, 3.05) is 9.80 Å². The molecule has 0 amide bonds. The number of nitriles is 2. The third-order valence-electron chi connectivity index (χ3n) is 18.7. The number of nitrogens with zero attached hydrogens (tertiary/aromatic N) is 5. The van der Waals surface area contributed by atoms with Crippen molar-refractivity contribution in [1.29, 1.82) is 10.5 Å². The van der Waals surface area contributed by atoms with Crippen LogP contribution in [0.4, 0.5) is 34.1 Å². The van der Waals surface area contributed by atoms with Gasteiger partial charge in [0, 0.05) is 62.7 Å². The molecule has 0 radical (unpaired) electrons. The highest BCUT2D eigenvalue weighted by Gasteiger charge is 2.54. The van der Waals surface area contributed by atoms with E-state index in [1.807, 2.05) is 30.3 Å². The van der Waals surface area contributed by atoms with E-state index in [1.165, 1.54) is 0 Å². The molecule has 0 atom stereocenters. The fourth-order valence-corrected chi connectivity index (χ4v) is 15.7. The number of anilines is 6. The summed E-state index contributed by atoms with van der Waals surface area (Å²) in [7, 11) is 0. The van der Waals surface area contributed by atoms with E-state index in [2.05, 4.69) is 196 Å². The first kappa shape index (κ1) is 42.3. The molecule has 0 saturated heterocycles. The van der Waals surface area contributed by atoms with Crippen LogP contribution in [-0.4, -0.2) is 31.4 Å². The van der Waals surface area contributed by atoms with Crippen LogP contribution in [0.5, 0.6) is 46.0 Å². The van der Waals surface area contributed by atoms with Gasteiger partial charge in [0.2, 0.25) is 0 Å². The number of para-hydroxylation sites is 7. The Morgan fingerprint density at radius 1 is 0.321 bits per heavy atom. The molecule has 81 heavy (non-hydrogen) atoms. The quantitative estimate of drug-likeness (QED) is 0.160. The largest absolute Gasteiger partial charge is 0.457 e. The first-order chi connectivity index (χ1) is 40.1. The van der Waals surface area contributed by atoms with Crippen molar-refractivity contribution in [1.82, 2.24) is 4.57 Å². The molecule has 0 N–H and O–H groups in total. The molecule has 0 fully saturated rings. The standard InChI is InChI=1S/C68H33B4N5O4/c73-34-39-65-59-63-61-67(39)80-57-32-53-37(30-47(57)71(61)43-20-6-12-26-51(43)76(63)49-24-10-4-18-41(49)69(59)45-22-8-14-28-55(45)78-65)38-31-48-58(33-54(38)75(53)36-16-2-1-3-17-36)81-68-40(35-74)66-60-64-62(68)72(48)44-21-7-13-27-52(44)77(64)50-25-11-5-19-42(50)70(60)46-23-9-15-29-56(46)79-66/h1-33H. The van der Waals surface area contributed by atoms with E-state index in [-0.39, 0.29) is 26.9 Å². The Morgan fingerprint density at radius 3 is 1.02 bits per heavy atom. The van der Waals surface area contributed by atoms with E-state index >= 15 is 0 Å². The monoisotopic (exact) mass is 1030 g/mol. The molecule has 1 aromatic heterocycles. The maximum Gasteiger partial charge on any atom is 0.256 e. The Balaban J connectivity index is 0.872. The number of hydrogen-bond donors (Lipinski definition) is 0. The minimum Gasteiger partial charge on any atom is -0.457 e. The van der Waals surface area contributed by atoms with Crippen LogP contribution >= 0.6 is 0 Å². The SMILES string of the molecule is N#Cc1c2c3c4c5c1Oc1cc6c(cc1B5c1ccccc1N4c1ccccc1B3c1ccccc1O2)c1cc2c(cc1n6-c1ccccc1)Oc1c(C#N)c3c4c5c1B2c1ccccc1N5c1ccccc1B4c1ccccc1O3. The van der Waals surface area contributed by atoms with Crippen LogP contribution < -0.4 is 94.3 Å². The van der Waals surface area contributed by atoms with Gasteiger partial charge in [-0.25, -0.2) is 0 Å². The molecule has 13 heteroatoms. The van der Waals surface area contributed by atoms with Crippen LogP contribution in [0.15, 0.2) is 200 Å². The summed E-state index contributed by atoms with van der Waals surface area (Å²) in [4.78, 5) is 4.78. The summed E-state index contributed by atoms with van der Waals surface area (Å²) in [6.07, 6.45) is 0. The predicted molar refractivity (Wildman–Crippen MR) is 324 cm³/mol. The van der Waals surface area contributed by atoms with Crippen molar-refractivity contribution in [2.45, 2.75) is 0 Å². The van der Waals surface area contributed by atoms with E-state index in [4.69, 9.17) is 18.9 Å². The molecular formula is C68H33B4N5O4. The lowest BCUT2D eigenvalue weighted by atomic mass is 9.29. The van der Waals surface area contributed by atoms with Crippen LogP contribution in [0.2, 0.25) is 0 Å². The molecule has 12 aromatic rings. The van der Waals surface area contributed by atoms with Crippen molar-refractivity contribution in [3.63, 3.8) is 0 Å². The Hall–Kier alpha value is -10.7. The average molecular weight is 1030 g/mol. The summed E-state index contributed by atoms with van der Waals surface area (Å²) < 4.78 is 30.9. The maximum absolute atomic E-state index is 11.5. The van der Waals surface area contributed by atoms with Gasteiger partial charge in [-0.1, -0.05) is 140 Å². The Labute approximate surface area is 464 Å². The highest BCUT2D eigenvalue weighted by Crippen LogP contribution is 2.51. The van der Waals surface area contributed by atoms with E-state index in [1.54, 1.807) is 0 Å². The zero-order valence-electron chi connectivity index (χ0n) is 42.7. The normalized spacial score (nSPS) is 14.4. The summed E-state index contributed by atoms with van der Waals surface area (Å²) in [5.41, 5.74) is 22.6. The Morgan fingerprint density at radius 2 is 0.642 bits per heavy atom. The van der Waals surface area contributed by atoms with Gasteiger partial charge in [0.05, 0.1) is 11.0 Å². The van der Waals surface area contributed by atoms with E-state index in [0.717, 1.165) is 139 Å². The fraction of sp³-hybridized carbons (Fsp3) is 0. The highest BCUT2D eigenvalue weighted by atomic mass is 16.5. The van der Waals surface area contributed by atoms with Crippen LogP contribution in [0, 0.1) is 22.7 Å². The van der Waals surface area contributed by atoms with Crippen LogP contribution in [-0.2, 0) is 0 Å². The third-order valence-corrected chi connectivity index (χ3v) is 18.7. The van der Waals surface area contributed by atoms with Crippen molar-refractivity contribution >= 4 is 148 Å². The van der Waals surface area contributed by atoms with Crippen LogP contribution in [0.25, 0.3) is 27.5 Å². The van der Waals surface area contributed by atoms with Crippen LogP contribution in [0.1, 0.15) is 11.1 Å². The zero-order chi connectivity index (χ0) is 52.7. The van der Waals surface area contributed by atoms with E-state index < -0.39 is 0 Å². The molecule has 0 saturated carbocycles. The van der Waals surface area contributed by atoms with Gasteiger partial charge in [-0.05, 0) is 114 Å². The molecular weight excluding hydrogens is 994 g/mol. The van der Waals surface area contributed by atoms with E-state index in [0.29, 0.717) is 45.6 Å². The van der Waals surface area contributed by atoms with Crippen LogP contribution in [0.3, 0.4) is 0 Å². The molecule has 366 valence electrons. The summed E-state index contributed by atoms with van der Waals surface area (Å²) in [6.45, 7) is -0.955. The number of aromatic nitrogens is 1. The van der Waals surface area contributed by atoms with Crippen molar-refractivity contribution < 1.29 is 18.9 Å². The number of benzene rings is 11. The Bertz CT molecular complexity index is 4830. The lowest BCUT2D eigenvalue weighted by Crippen LogP contribution is -2.67. The number of rotatable bonds is 1. The highest BCUT2D eigenvalue weighted by molar-refractivity contribution is 7.05. The second-order valence-electron chi connectivity index (χ2n) is 22.2. The molecule has 0 unspecified atom stereocenters. The van der Waals surface area contributed by atoms with Gasteiger partial charge in [0.25, 0.3) is 26.9 Å². The molecule has 9 heterocycles. The Kier molecular flexibility index (Phi) is 7.67. The van der Waals surface area contributed by atoms with Gasteiger partial charge >= 0.3 is 0 Å². The smallest absolute Gasteiger partial charge is 0.256 e. The van der Waals surface area contributed by atoms with Gasteiger partial charge in [0.15, 0.2) is 0 Å². The van der Waals surface area contributed by atoms with Gasteiger partial charge in [-0.2, -0.15) is 10.5 Å². The number of ether oxygens (including phenoxy) is 4. The van der Waals surface area contributed by atoms with Crippen molar-refractivity contribution in [3.05, 3.63) is 211 Å². The summed E-state index contributed by atoms with van der Waals surface area (Å²) >= 11 is 0. The second kappa shape index (κ2) is 14.7. The van der Waals surface area contributed by atoms with Gasteiger partial charge < -0.3 is 33.3 Å². The fourth-order valence-electron chi connectivity index (χ4n) is 15.7. The number of fused-ring (bicyclic) bond motifs is 23. The van der Waals surface area contributed by atoms with Crippen molar-refractivity contribution in [3.8, 4) is 63.8 Å². The predicted octanol–water partition coefficient (Wildman–Crippen LogP) is 7.21. The first-order valence-corrected chi connectivity index (χ1v) is 27.5. The third kappa shape index (κ3) is 4.96. The maximum atomic E-state index is 11.5. The topological polar surface area (TPSA) is 95.9 Å². The molecule has 11 aromatic carbocycles. The molecule has 20 rings (SSSR count). The minimum atomic E-state index is -0.304. The zero-order valence-corrected chi connectivity index (χ0v) is 42.7. The lowest BCUT2D eigenvalue weighted by Gasteiger charge is -2.47. The van der Waals surface area contributed by atoms with Gasteiger partial charge in [-0.3, -0.25) is 0 Å². The number of hydrogen-bond acceptors (Lipinski definition) is 8. The second-order valence-corrected chi connectivity index (χ2v) is 22.2. The molecule has 9 nitrogen and oxygen atoms in total. The average Bonchev–Trinajstić information content (AvgIpc) is 1.42. The molecule has 0 bridgehead atoms.